The lowest BCUT2D eigenvalue weighted by molar-refractivity contribution is -0.140. The van der Waals surface area contributed by atoms with Crippen molar-refractivity contribution in [3.63, 3.8) is 0 Å². The van der Waals surface area contributed by atoms with Gasteiger partial charge in [0, 0.05) is 30.0 Å². The van der Waals surface area contributed by atoms with E-state index in [1.807, 2.05) is 52.0 Å². The molecule has 0 radical (unpaired) electrons. The number of nitrogens with zero attached hydrogens (tertiary/aromatic N) is 2. The predicted molar refractivity (Wildman–Crippen MR) is 137 cm³/mol. The Labute approximate surface area is 207 Å². The zero-order valence-electron chi connectivity index (χ0n) is 21.3. The van der Waals surface area contributed by atoms with Gasteiger partial charge < -0.3 is 24.6 Å². The van der Waals surface area contributed by atoms with Gasteiger partial charge in [-0.1, -0.05) is 25.5 Å². The van der Waals surface area contributed by atoms with Gasteiger partial charge >= 0.3 is 0 Å². The molecular formula is C28H37N3O4. The van der Waals surface area contributed by atoms with E-state index in [2.05, 4.69) is 9.88 Å². The van der Waals surface area contributed by atoms with Crippen LogP contribution < -0.4 is 4.74 Å². The number of piperidine rings is 1. The summed E-state index contributed by atoms with van der Waals surface area (Å²) in [4.78, 5) is 33.9. The third-order valence-electron chi connectivity index (χ3n) is 7.22. The number of amides is 1. The second-order valence-electron chi connectivity index (χ2n) is 9.69. The zero-order chi connectivity index (χ0) is 25.1. The number of ether oxygens (including phenoxy) is 1. The molecule has 2 aliphatic heterocycles. The molecule has 1 atom stereocenters. The van der Waals surface area contributed by atoms with Crippen LogP contribution in [-0.4, -0.2) is 64.4 Å². The van der Waals surface area contributed by atoms with Crippen LogP contribution in [0.1, 0.15) is 66.7 Å². The number of hydrogen-bond donors (Lipinski definition) is 2. The largest absolute Gasteiger partial charge is 0.507 e. The zero-order valence-corrected chi connectivity index (χ0v) is 21.3. The summed E-state index contributed by atoms with van der Waals surface area (Å²) in [5.74, 6) is -0.622. The van der Waals surface area contributed by atoms with Gasteiger partial charge in [0.25, 0.3) is 11.7 Å². The van der Waals surface area contributed by atoms with E-state index < -0.39 is 17.7 Å². The molecule has 188 valence electrons. The fraction of sp³-hybridized carbons (Fsp3) is 0.500. The van der Waals surface area contributed by atoms with Gasteiger partial charge in [-0.25, -0.2) is 0 Å². The number of H-pyrrole nitrogens is 1. The maximum Gasteiger partial charge on any atom is 0.295 e. The third kappa shape index (κ3) is 5.01. The first-order chi connectivity index (χ1) is 16.8. The number of aryl methyl sites for hydroxylation is 2. The highest BCUT2D eigenvalue weighted by Crippen LogP contribution is 2.41. The van der Waals surface area contributed by atoms with Gasteiger partial charge in [0.2, 0.25) is 0 Å². The van der Waals surface area contributed by atoms with Gasteiger partial charge in [0.05, 0.1) is 18.2 Å². The summed E-state index contributed by atoms with van der Waals surface area (Å²) in [6.45, 7) is 11.5. The van der Waals surface area contributed by atoms with Crippen LogP contribution in [0, 0.1) is 20.8 Å². The molecule has 1 amide bonds. The fourth-order valence-electron chi connectivity index (χ4n) is 5.28. The number of nitrogens with one attached hydrogen (secondary N) is 1. The monoisotopic (exact) mass is 479 g/mol. The SMILES string of the molecule is CCCOc1cccc(C2/C(=C(\O)c3c(C)[nH]c(C)c3C)C(=O)C(=O)N2CCN2CCCCC2)c1. The summed E-state index contributed by atoms with van der Waals surface area (Å²) in [5.41, 5.74) is 4.08. The normalized spacial score (nSPS) is 20.6. The van der Waals surface area contributed by atoms with Gasteiger partial charge in [0.15, 0.2) is 0 Å². The average molecular weight is 480 g/mol. The summed E-state index contributed by atoms with van der Waals surface area (Å²) < 4.78 is 5.84. The minimum atomic E-state index is -0.668. The quantitative estimate of drug-likeness (QED) is 0.327. The Bertz CT molecular complexity index is 1130. The van der Waals surface area contributed by atoms with Gasteiger partial charge in [-0.15, -0.1) is 0 Å². The maximum atomic E-state index is 13.4. The molecule has 35 heavy (non-hydrogen) atoms. The number of ketones is 1. The van der Waals surface area contributed by atoms with Crippen LogP contribution >= 0.6 is 0 Å². The molecule has 7 nitrogen and oxygen atoms in total. The standard InChI is InChI=1S/C28H37N3O4/c1-5-16-35-22-11-9-10-21(17-22)25-24(26(32)23-18(2)19(3)29-20(23)4)27(33)28(34)31(25)15-14-30-12-7-6-8-13-30/h9-11,17,25,29,32H,5-8,12-16H2,1-4H3/b26-24+. The van der Waals surface area contributed by atoms with E-state index in [1.165, 1.54) is 6.42 Å². The molecule has 1 aromatic heterocycles. The fourth-order valence-corrected chi connectivity index (χ4v) is 5.28. The highest BCUT2D eigenvalue weighted by Gasteiger charge is 2.46. The van der Waals surface area contributed by atoms with Crippen molar-refractivity contribution in [3.05, 3.63) is 57.9 Å². The molecular weight excluding hydrogens is 442 g/mol. The number of aromatic nitrogens is 1. The van der Waals surface area contributed by atoms with Crippen molar-refractivity contribution in [3.8, 4) is 5.75 Å². The number of likely N-dealkylation sites (tertiary alicyclic amines) is 2. The molecule has 2 saturated heterocycles. The Morgan fingerprint density at radius 2 is 1.83 bits per heavy atom. The van der Waals surface area contributed by atoms with E-state index in [4.69, 9.17) is 4.74 Å². The predicted octanol–water partition coefficient (Wildman–Crippen LogP) is 4.64. The lowest BCUT2D eigenvalue weighted by Gasteiger charge is -2.31. The summed E-state index contributed by atoms with van der Waals surface area (Å²) in [6, 6.07) is 6.87. The van der Waals surface area contributed by atoms with Crippen molar-refractivity contribution in [1.29, 1.82) is 0 Å². The molecule has 3 heterocycles. The molecule has 1 unspecified atom stereocenters. The molecule has 2 aliphatic rings. The number of carbonyl (C=O) groups is 2. The van der Waals surface area contributed by atoms with Gasteiger partial charge in [-0.2, -0.15) is 0 Å². The number of rotatable bonds is 8. The Kier molecular flexibility index (Phi) is 7.65. The Morgan fingerprint density at radius 3 is 2.49 bits per heavy atom. The lowest BCUT2D eigenvalue weighted by atomic mass is 9.94. The van der Waals surface area contributed by atoms with Crippen molar-refractivity contribution in [1.82, 2.24) is 14.8 Å². The molecule has 4 rings (SSSR count). The smallest absolute Gasteiger partial charge is 0.295 e. The number of benzene rings is 1. The van der Waals surface area contributed by atoms with Crippen molar-refractivity contribution in [2.24, 2.45) is 0 Å². The molecule has 2 fully saturated rings. The van der Waals surface area contributed by atoms with Gasteiger partial charge in [-0.3, -0.25) is 9.59 Å². The first kappa shape index (κ1) is 25.0. The van der Waals surface area contributed by atoms with Crippen molar-refractivity contribution in [2.45, 2.75) is 59.4 Å². The minimum Gasteiger partial charge on any atom is -0.507 e. The molecule has 0 aliphatic carbocycles. The van der Waals surface area contributed by atoms with E-state index in [9.17, 15) is 14.7 Å². The van der Waals surface area contributed by atoms with E-state index >= 15 is 0 Å². The summed E-state index contributed by atoms with van der Waals surface area (Å²) >= 11 is 0. The first-order valence-corrected chi connectivity index (χ1v) is 12.7. The first-order valence-electron chi connectivity index (χ1n) is 12.7. The molecule has 0 saturated carbocycles. The van der Waals surface area contributed by atoms with Crippen LogP contribution in [-0.2, 0) is 9.59 Å². The van der Waals surface area contributed by atoms with Crippen LogP contribution in [0.5, 0.6) is 5.75 Å². The van der Waals surface area contributed by atoms with Crippen LogP contribution in [0.4, 0.5) is 0 Å². The molecule has 2 N–H and O–H groups in total. The van der Waals surface area contributed by atoms with E-state index in [1.54, 1.807) is 4.90 Å². The average Bonchev–Trinajstić information content (AvgIpc) is 3.27. The molecule has 2 aromatic rings. The third-order valence-corrected chi connectivity index (χ3v) is 7.22. The Hall–Kier alpha value is -3.06. The van der Waals surface area contributed by atoms with Crippen molar-refractivity contribution < 1.29 is 19.4 Å². The number of hydrogen-bond acceptors (Lipinski definition) is 5. The van der Waals surface area contributed by atoms with Crippen LogP contribution in [0.2, 0.25) is 0 Å². The van der Waals surface area contributed by atoms with Gasteiger partial charge in [0.1, 0.15) is 11.5 Å². The number of aromatic amines is 1. The van der Waals surface area contributed by atoms with Crippen LogP contribution in [0.25, 0.3) is 5.76 Å². The van der Waals surface area contributed by atoms with Crippen molar-refractivity contribution >= 4 is 17.4 Å². The minimum absolute atomic E-state index is 0.118. The summed E-state index contributed by atoms with van der Waals surface area (Å²) in [6.07, 6.45) is 4.43. The summed E-state index contributed by atoms with van der Waals surface area (Å²) in [7, 11) is 0. The molecule has 0 spiro atoms. The van der Waals surface area contributed by atoms with Gasteiger partial charge in [-0.05, 0) is 76.4 Å². The van der Waals surface area contributed by atoms with E-state index in [0.717, 1.165) is 54.9 Å². The highest BCUT2D eigenvalue weighted by atomic mass is 16.5. The Morgan fingerprint density at radius 1 is 1.09 bits per heavy atom. The number of aliphatic hydroxyl groups excluding tert-OH is 1. The van der Waals surface area contributed by atoms with Crippen molar-refractivity contribution in [2.75, 3.05) is 32.8 Å². The van der Waals surface area contributed by atoms with E-state index in [0.29, 0.717) is 31.0 Å². The number of carbonyl (C=O) groups excluding carboxylic acids is 2. The Balaban J connectivity index is 1.78. The van der Waals surface area contributed by atoms with Crippen LogP contribution in [0.3, 0.4) is 0 Å². The topological polar surface area (TPSA) is 85.9 Å². The second kappa shape index (κ2) is 10.7. The molecule has 7 heteroatoms. The maximum absolute atomic E-state index is 13.4. The second-order valence-corrected chi connectivity index (χ2v) is 9.69. The number of Topliss-reactive ketones (excluding diaryl/α,β-unsaturated/α-hetero) is 1. The highest BCUT2D eigenvalue weighted by molar-refractivity contribution is 6.46. The molecule has 0 bridgehead atoms. The number of aliphatic hydroxyl groups is 1. The molecule has 1 aromatic carbocycles. The summed E-state index contributed by atoms with van der Waals surface area (Å²) in [5, 5.41) is 11.5. The lowest BCUT2D eigenvalue weighted by Crippen LogP contribution is -2.40. The van der Waals surface area contributed by atoms with Crippen LogP contribution in [0.15, 0.2) is 29.8 Å². The van der Waals surface area contributed by atoms with E-state index in [-0.39, 0.29) is 11.3 Å².